The summed E-state index contributed by atoms with van der Waals surface area (Å²) in [4.78, 5) is 21.5. The number of aryl methyl sites for hydroxylation is 2. The fraction of sp³-hybridized carbons (Fsp3) is 0.448. The summed E-state index contributed by atoms with van der Waals surface area (Å²) in [6, 6.07) is 14.0. The van der Waals surface area contributed by atoms with E-state index in [1.807, 2.05) is 35.9 Å². The Balaban J connectivity index is 1.36. The van der Waals surface area contributed by atoms with Crippen LogP contribution in [0.3, 0.4) is 0 Å². The van der Waals surface area contributed by atoms with Gasteiger partial charge in [0.15, 0.2) is 5.82 Å². The maximum absolute atomic E-state index is 13.6. The van der Waals surface area contributed by atoms with Gasteiger partial charge in [-0.25, -0.2) is 4.68 Å². The molecule has 10 nitrogen and oxygen atoms in total. The maximum atomic E-state index is 13.6. The van der Waals surface area contributed by atoms with E-state index in [0.29, 0.717) is 17.9 Å². The SMILES string of the molecule is COc1ccc(N2CCN([C@@H](c3cc4c(C)cc(C)cc4[nH]c3=O)c3nnnn3C[C@H]3CCCO3)CC2)cc1. The highest BCUT2D eigenvalue weighted by atomic mass is 16.5. The number of methoxy groups -OCH3 is 1. The first-order valence-corrected chi connectivity index (χ1v) is 13.6. The number of pyridine rings is 1. The number of nitrogens with one attached hydrogen (secondary N) is 1. The number of nitrogens with zero attached hydrogens (tertiary/aromatic N) is 6. The molecule has 1 N–H and O–H groups in total. The molecule has 10 heteroatoms. The Labute approximate surface area is 227 Å². The largest absolute Gasteiger partial charge is 0.497 e. The van der Waals surface area contributed by atoms with Crippen molar-refractivity contribution in [3.8, 4) is 5.75 Å². The van der Waals surface area contributed by atoms with Gasteiger partial charge in [0.25, 0.3) is 5.56 Å². The third-order valence-corrected chi connectivity index (χ3v) is 7.96. The lowest BCUT2D eigenvalue weighted by atomic mass is 9.99. The number of hydrogen-bond acceptors (Lipinski definition) is 8. The molecular weight excluding hydrogens is 494 g/mol. The van der Waals surface area contributed by atoms with E-state index in [1.165, 1.54) is 0 Å². The van der Waals surface area contributed by atoms with Gasteiger partial charge in [0.05, 0.1) is 19.8 Å². The van der Waals surface area contributed by atoms with E-state index in [9.17, 15) is 4.79 Å². The summed E-state index contributed by atoms with van der Waals surface area (Å²) in [5.74, 6) is 1.52. The van der Waals surface area contributed by atoms with Crippen molar-refractivity contribution < 1.29 is 9.47 Å². The van der Waals surface area contributed by atoms with Crippen molar-refractivity contribution in [1.29, 1.82) is 0 Å². The van der Waals surface area contributed by atoms with Crippen molar-refractivity contribution in [2.75, 3.05) is 44.8 Å². The third kappa shape index (κ3) is 5.14. The van der Waals surface area contributed by atoms with Gasteiger partial charge in [-0.05, 0) is 84.6 Å². The number of aromatic amines is 1. The Kier molecular flexibility index (Phi) is 7.05. The van der Waals surface area contributed by atoms with Gasteiger partial charge in [0, 0.05) is 54.9 Å². The van der Waals surface area contributed by atoms with Crippen molar-refractivity contribution in [2.45, 2.75) is 45.4 Å². The molecule has 0 spiro atoms. The van der Waals surface area contributed by atoms with Crippen molar-refractivity contribution in [1.82, 2.24) is 30.1 Å². The molecule has 2 aliphatic rings. The summed E-state index contributed by atoms with van der Waals surface area (Å²) >= 11 is 0. The monoisotopic (exact) mass is 529 g/mol. The van der Waals surface area contributed by atoms with Crippen molar-refractivity contribution in [3.63, 3.8) is 0 Å². The number of aromatic nitrogens is 5. The Morgan fingerprint density at radius 2 is 1.90 bits per heavy atom. The second-order valence-electron chi connectivity index (χ2n) is 10.6. The normalized spacial score (nSPS) is 19.1. The van der Waals surface area contributed by atoms with Crippen LogP contribution in [0, 0.1) is 13.8 Å². The molecule has 2 aromatic carbocycles. The van der Waals surface area contributed by atoms with Crippen molar-refractivity contribution in [3.05, 3.63) is 75.3 Å². The number of ether oxygens (including phenoxy) is 2. The van der Waals surface area contributed by atoms with Crippen LogP contribution >= 0.6 is 0 Å². The molecule has 2 atom stereocenters. The highest BCUT2D eigenvalue weighted by Gasteiger charge is 2.33. The van der Waals surface area contributed by atoms with Crippen LogP contribution in [-0.2, 0) is 11.3 Å². The van der Waals surface area contributed by atoms with Crippen LogP contribution in [0.15, 0.2) is 47.3 Å². The molecule has 0 aliphatic carbocycles. The Hall–Kier alpha value is -3.76. The predicted molar refractivity (Wildman–Crippen MR) is 149 cm³/mol. The average molecular weight is 530 g/mol. The Morgan fingerprint density at radius 1 is 1.10 bits per heavy atom. The molecule has 204 valence electrons. The first-order chi connectivity index (χ1) is 19.0. The van der Waals surface area contributed by atoms with Crippen LogP contribution in [0.4, 0.5) is 5.69 Å². The van der Waals surface area contributed by atoms with E-state index in [0.717, 1.165) is 79.1 Å². The topological polar surface area (TPSA) is 101 Å². The molecule has 0 unspecified atom stereocenters. The average Bonchev–Trinajstić information content (AvgIpc) is 3.63. The highest BCUT2D eigenvalue weighted by Crippen LogP contribution is 2.31. The predicted octanol–water partition coefficient (Wildman–Crippen LogP) is 3.23. The van der Waals surface area contributed by atoms with Crippen LogP contribution in [0.1, 0.15) is 41.4 Å². The Bertz CT molecular complexity index is 1500. The van der Waals surface area contributed by atoms with E-state index < -0.39 is 0 Å². The summed E-state index contributed by atoms with van der Waals surface area (Å²) < 4.78 is 13.0. The lowest BCUT2D eigenvalue weighted by Gasteiger charge is -2.39. The quantitative estimate of drug-likeness (QED) is 0.390. The number of anilines is 1. The molecule has 0 saturated carbocycles. The molecule has 2 saturated heterocycles. The molecular formula is C29H35N7O3. The fourth-order valence-electron chi connectivity index (χ4n) is 5.94. The summed E-state index contributed by atoms with van der Waals surface area (Å²) in [5.41, 5.74) is 4.81. The summed E-state index contributed by atoms with van der Waals surface area (Å²) in [5, 5.41) is 13.9. The summed E-state index contributed by atoms with van der Waals surface area (Å²) in [7, 11) is 1.68. The standard InChI is InChI=1S/C29H35N7O3/c1-19-15-20(2)24-17-25(29(37)30-26(24)16-19)27(28-31-32-33-36(28)18-23-5-4-14-39-23)35-12-10-34(11-13-35)21-6-8-22(38-3)9-7-21/h6-9,15-17,23,27H,4-5,10-14,18H2,1-3H3,(H,30,37)/t23-,27+/m1/s1. The zero-order valence-corrected chi connectivity index (χ0v) is 22.8. The Morgan fingerprint density at radius 3 is 2.62 bits per heavy atom. The number of H-pyrrole nitrogens is 1. The molecule has 4 aromatic rings. The molecule has 0 amide bonds. The number of benzene rings is 2. The highest BCUT2D eigenvalue weighted by molar-refractivity contribution is 5.83. The van der Waals surface area contributed by atoms with Crippen molar-refractivity contribution in [2.24, 2.45) is 0 Å². The second-order valence-corrected chi connectivity index (χ2v) is 10.6. The molecule has 4 heterocycles. The maximum Gasteiger partial charge on any atom is 0.253 e. The fourth-order valence-corrected chi connectivity index (χ4v) is 5.94. The molecule has 0 bridgehead atoms. The van der Waals surface area contributed by atoms with E-state index >= 15 is 0 Å². The lowest BCUT2D eigenvalue weighted by Crippen LogP contribution is -2.49. The molecule has 2 aliphatic heterocycles. The van der Waals surface area contributed by atoms with Gasteiger partial charge in [0.2, 0.25) is 0 Å². The molecule has 2 fully saturated rings. The first kappa shape index (κ1) is 25.5. The van der Waals surface area contributed by atoms with Gasteiger partial charge in [-0.1, -0.05) is 6.07 Å². The van der Waals surface area contributed by atoms with Crippen LogP contribution < -0.4 is 15.2 Å². The van der Waals surface area contributed by atoms with Crippen LogP contribution in [0.2, 0.25) is 0 Å². The van der Waals surface area contributed by atoms with Crippen LogP contribution in [0.5, 0.6) is 5.75 Å². The van der Waals surface area contributed by atoms with Crippen LogP contribution in [-0.4, -0.2) is 76.1 Å². The minimum absolute atomic E-state index is 0.0833. The molecule has 39 heavy (non-hydrogen) atoms. The van der Waals surface area contributed by atoms with Gasteiger partial charge in [-0.3, -0.25) is 9.69 Å². The number of piperazine rings is 1. The van der Waals surface area contributed by atoms with Crippen LogP contribution in [0.25, 0.3) is 10.9 Å². The smallest absolute Gasteiger partial charge is 0.253 e. The van der Waals surface area contributed by atoms with Gasteiger partial charge in [0.1, 0.15) is 11.8 Å². The second kappa shape index (κ2) is 10.8. The minimum Gasteiger partial charge on any atom is -0.497 e. The molecule has 6 rings (SSSR count). The lowest BCUT2D eigenvalue weighted by molar-refractivity contribution is 0.0906. The molecule has 2 aromatic heterocycles. The van der Waals surface area contributed by atoms with E-state index in [2.05, 4.69) is 55.4 Å². The number of rotatable bonds is 7. The number of hydrogen-bond donors (Lipinski definition) is 1. The zero-order chi connectivity index (χ0) is 26.9. The van der Waals surface area contributed by atoms with E-state index in [-0.39, 0.29) is 17.7 Å². The summed E-state index contributed by atoms with van der Waals surface area (Å²) in [6.45, 7) is 8.63. The number of fused-ring (bicyclic) bond motifs is 1. The minimum atomic E-state index is -0.381. The summed E-state index contributed by atoms with van der Waals surface area (Å²) in [6.07, 6.45) is 2.11. The zero-order valence-electron chi connectivity index (χ0n) is 22.8. The third-order valence-electron chi connectivity index (χ3n) is 7.96. The van der Waals surface area contributed by atoms with Crippen molar-refractivity contribution >= 4 is 16.6 Å². The number of tetrazole rings is 1. The first-order valence-electron chi connectivity index (χ1n) is 13.6. The van der Waals surface area contributed by atoms with Gasteiger partial charge < -0.3 is 19.4 Å². The van der Waals surface area contributed by atoms with Gasteiger partial charge >= 0.3 is 0 Å². The van der Waals surface area contributed by atoms with Gasteiger partial charge in [-0.2, -0.15) is 0 Å². The van der Waals surface area contributed by atoms with Gasteiger partial charge in [-0.15, -0.1) is 5.10 Å². The molecule has 0 radical (unpaired) electrons. The van der Waals surface area contributed by atoms with E-state index in [1.54, 1.807) is 7.11 Å². The van der Waals surface area contributed by atoms with E-state index in [4.69, 9.17) is 9.47 Å².